The Labute approximate surface area is 84.3 Å². The highest BCUT2D eigenvalue weighted by atomic mass is 35.5. The van der Waals surface area contributed by atoms with E-state index < -0.39 is 7.04 Å². The lowest BCUT2D eigenvalue weighted by Gasteiger charge is -2.01. The van der Waals surface area contributed by atoms with Gasteiger partial charge in [0.1, 0.15) is 5.52 Å². The summed E-state index contributed by atoms with van der Waals surface area (Å²) in [6.45, 7) is 0. The number of aryl methyl sites for hydroxylation is 1. The van der Waals surface area contributed by atoms with Gasteiger partial charge < -0.3 is 4.74 Å². The molecule has 68 valence electrons. The lowest BCUT2D eigenvalue weighted by Crippen LogP contribution is -1.91. The minimum Gasteiger partial charge on any atom is -0.493 e. The Hall–Kier alpha value is -1.29. The fourth-order valence-corrected chi connectivity index (χ4v) is 1.29. The summed E-state index contributed by atoms with van der Waals surface area (Å²) in [7, 11) is -0.825. The molecule has 13 heavy (non-hydrogen) atoms. The Bertz CT molecular complexity index is 537. The van der Waals surface area contributed by atoms with Crippen LogP contribution in [-0.4, -0.2) is 21.8 Å². The van der Waals surface area contributed by atoms with Gasteiger partial charge in [-0.25, -0.2) is 4.98 Å². The molecule has 5 heteroatoms. The van der Waals surface area contributed by atoms with Crippen molar-refractivity contribution in [2.24, 2.45) is 7.05 Å². The van der Waals surface area contributed by atoms with E-state index in [4.69, 9.17) is 20.5 Å². The molecule has 2 rings (SSSR count). The van der Waals surface area contributed by atoms with Gasteiger partial charge in [-0.3, -0.25) is 4.68 Å². The molecule has 2 aromatic rings. The minimum atomic E-state index is -2.54. The molecule has 0 radical (unpaired) electrons. The highest BCUT2D eigenvalue weighted by molar-refractivity contribution is 6.31. The molecule has 0 aliphatic heterocycles. The predicted octanol–water partition coefficient (Wildman–Crippen LogP) is 1.63. The van der Waals surface area contributed by atoms with Crippen LogP contribution in [0.5, 0.6) is 5.75 Å². The molecule has 0 aliphatic rings. The van der Waals surface area contributed by atoms with Crippen molar-refractivity contribution in [2.45, 2.75) is 0 Å². The Morgan fingerprint density at radius 2 is 2.54 bits per heavy atom. The summed E-state index contributed by atoms with van der Waals surface area (Å²) < 4.78 is 27.3. The van der Waals surface area contributed by atoms with Gasteiger partial charge in [0.15, 0.2) is 10.9 Å². The first-order valence-corrected chi connectivity index (χ1v) is 3.92. The summed E-state index contributed by atoms with van der Waals surface area (Å²) >= 11 is 5.80. The molecule has 2 heterocycles. The number of ether oxygens (including phenoxy) is 1. The van der Waals surface area contributed by atoms with Crippen LogP contribution in [0.2, 0.25) is 5.15 Å². The van der Waals surface area contributed by atoms with Crippen LogP contribution >= 0.6 is 11.6 Å². The highest BCUT2D eigenvalue weighted by Gasteiger charge is 2.07. The maximum absolute atomic E-state index is 6.99. The molecular formula is C8H8ClN3O. The van der Waals surface area contributed by atoms with E-state index in [9.17, 15) is 0 Å². The van der Waals surface area contributed by atoms with Crippen LogP contribution in [0.25, 0.3) is 11.0 Å². The lowest BCUT2D eigenvalue weighted by molar-refractivity contribution is 0.414. The van der Waals surface area contributed by atoms with Gasteiger partial charge in [-0.15, -0.1) is 0 Å². The Morgan fingerprint density at radius 3 is 3.31 bits per heavy atom. The van der Waals surface area contributed by atoms with Crippen LogP contribution < -0.4 is 4.74 Å². The monoisotopic (exact) mass is 200 g/mol. The fraction of sp³-hybridized carbons (Fsp3) is 0.250. The molecule has 0 amide bonds. The average molecular weight is 201 g/mol. The van der Waals surface area contributed by atoms with Crippen molar-refractivity contribution in [3.8, 4) is 5.75 Å². The van der Waals surface area contributed by atoms with Crippen molar-refractivity contribution in [1.29, 1.82) is 0 Å². The van der Waals surface area contributed by atoms with Gasteiger partial charge in [-0.1, -0.05) is 11.6 Å². The third-order valence-corrected chi connectivity index (χ3v) is 2.03. The van der Waals surface area contributed by atoms with Crippen LogP contribution in [0.3, 0.4) is 0 Å². The molecule has 0 saturated carbocycles. The lowest BCUT2D eigenvalue weighted by atomic mass is 10.4. The van der Waals surface area contributed by atoms with Crippen molar-refractivity contribution in [2.75, 3.05) is 7.04 Å². The molecular weight excluding hydrogens is 190 g/mol. The van der Waals surface area contributed by atoms with Crippen molar-refractivity contribution in [3.63, 3.8) is 0 Å². The van der Waals surface area contributed by atoms with Crippen molar-refractivity contribution in [3.05, 3.63) is 17.4 Å². The summed E-state index contributed by atoms with van der Waals surface area (Å²) in [6, 6.07) is 1.50. The second-order valence-corrected chi connectivity index (χ2v) is 2.91. The smallest absolute Gasteiger partial charge is 0.171 e. The zero-order chi connectivity index (χ0) is 11.9. The Morgan fingerprint density at radius 1 is 1.69 bits per heavy atom. The van der Waals surface area contributed by atoms with Gasteiger partial charge in [0.2, 0.25) is 0 Å². The van der Waals surface area contributed by atoms with E-state index >= 15 is 0 Å². The summed E-state index contributed by atoms with van der Waals surface area (Å²) in [5.41, 5.74) is 1.24. The molecule has 0 spiro atoms. The van der Waals surface area contributed by atoms with Gasteiger partial charge in [0, 0.05) is 13.1 Å². The second-order valence-electron chi connectivity index (χ2n) is 2.55. The molecule has 0 bridgehead atoms. The number of rotatable bonds is 1. The second kappa shape index (κ2) is 2.88. The van der Waals surface area contributed by atoms with E-state index in [1.807, 2.05) is 0 Å². The van der Waals surface area contributed by atoms with Gasteiger partial charge >= 0.3 is 0 Å². The van der Waals surface area contributed by atoms with E-state index in [1.165, 1.54) is 6.07 Å². The van der Waals surface area contributed by atoms with Crippen molar-refractivity contribution in [1.82, 2.24) is 14.8 Å². The van der Waals surface area contributed by atoms with E-state index in [-0.39, 0.29) is 10.9 Å². The van der Waals surface area contributed by atoms with Crippen molar-refractivity contribution < 1.29 is 8.85 Å². The van der Waals surface area contributed by atoms with Crippen LogP contribution in [0, 0.1) is 0 Å². The van der Waals surface area contributed by atoms with Gasteiger partial charge in [-0.05, 0) is 0 Å². The van der Waals surface area contributed by atoms with E-state index in [0.29, 0.717) is 11.0 Å². The van der Waals surface area contributed by atoms with Crippen molar-refractivity contribution >= 4 is 22.6 Å². The molecule has 0 fully saturated rings. The third kappa shape index (κ3) is 1.23. The molecule has 0 N–H and O–H groups in total. The van der Waals surface area contributed by atoms with Crippen LogP contribution in [0.4, 0.5) is 0 Å². The Kier molecular flexibility index (Phi) is 1.21. The summed E-state index contributed by atoms with van der Waals surface area (Å²) in [6.07, 6.45) is 1.54. The first-order valence-electron chi connectivity index (χ1n) is 5.04. The zero-order valence-corrected chi connectivity index (χ0v) is 7.54. The topological polar surface area (TPSA) is 39.9 Å². The molecule has 0 aromatic carbocycles. The molecule has 0 unspecified atom stereocenters. The summed E-state index contributed by atoms with van der Waals surface area (Å²) in [4.78, 5) is 3.99. The number of methoxy groups -OCH3 is 1. The van der Waals surface area contributed by atoms with E-state index in [2.05, 4.69) is 10.1 Å². The average Bonchev–Trinajstić information content (AvgIpc) is 2.46. The number of halogens is 1. The molecule has 0 aliphatic carbocycles. The molecule has 4 nitrogen and oxygen atoms in total. The maximum Gasteiger partial charge on any atom is 0.171 e. The van der Waals surface area contributed by atoms with Crippen LogP contribution in [-0.2, 0) is 7.05 Å². The number of hydrogen-bond acceptors (Lipinski definition) is 3. The SMILES string of the molecule is [2H]C([2H])([2H])Oc1cc2c(cnn2C)nc1Cl. The normalized spacial score (nSPS) is 15.1. The standard InChI is InChI=1S/C8H8ClN3O/c1-12-6-3-7(13-2)8(9)11-5(6)4-10-12/h3-4H,1-2H3/i2D3. The van der Waals surface area contributed by atoms with Crippen LogP contribution in [0.15, 0.2) is 12.3 Å². The first-order chi connectivity index (χ1) is 7.37. The first kappa shape index (κ1) is 5.44. The predicted molar refractivity (Wildman–Crippen MR) is 50.1 cm³/mol. The number of hydrogen-bond donors (Lipinski definition) is 0. The minimum absolute atomic E-state index is 0.0108. The maximum atomic E-state index is 6.99. The Balaban J connectivity index is 2.53. The number of nitrogens with zero attached hydrogens (tertiary/aromatic N) is 3. The largest absolute Gasteiger partial charge is 0.493 e. The third-order valence-electron chi connectivity index (χ3n) is 1.76. The number of fused-ring (bicyclic) bond motifs is 1. The molecule has 0 atom stereocenters. The van der Waals surface area contributed by atoms with Gasteiger partial charge in [0.25, 0.3) is 0 Å². The zero-order valence-electron chi connectivity index (χ0n) is 9.78. The number of pyridine rings is 1. The van der Waals surface area contributed by atoms with Gasteiger partial charge in [0.05, 0.1) is 22.9 Å². The van der Waals surface area contributed by atoms with Gasteiger partial charge in [-0.2, -0.15) is 5.10 Å². The summed E-state index contributed by atoms with van der Waals surface area (Å²) in [5, 5.41) is 3.98. The van der Waals surface area contributed by atoms with E-state index in [1.54, 1.807) is 17.9 Å². The number of aromatic nitrogens is 3. The highest BCUT2D eigenvalue weighted by Crippen LogP contribution is 2.25. The molecule has 0 saturated heterocycles. The fourth-order valence-electron chi connectivity index (χ4n) is 1.11. The molecule has 2 aromatic heterocycles. The van der Waals surface area contributed by atoms with E-state index in [0.717, 1.165) is 0 Å². The van der Waals surface area contributed by atoms with Crippen LogP contribution in [0.1, 0.15) is 4.11 Å². The quantitative estimate of drug-likeness (QED) is 0.657. The summed E-state index contributed by atoms with van der Waals surface area (Å²) in [5.74, 6) is 0.0257.